The van der Waals surface area contributed by atoms with Gasteiger partial charge in [0.1, 0.15) is 5.82 Å². The third kappa shape index (κ3) is 2.70. The number of imidazole rings is 1. The van der Waals surface area contributed by atoms with Gasteiger partial charge in [-0.05, 0) is 50.6 Å². The Hall–Kier alpha value is -1.03. The molecule has 0 saturated carbocycles. The Morgan fingerprint density at radius 2 is 1.95 bits per heavy atom. The van der Waals surface area contributed by atoms with E-state index in [0.29, 0.717) is 0 Å². The lowest BCUT2D eigenvalue weighted by Crippen LogP contribution is -2.10. The number of hydrogen-bond donors (Lipinski definition) is 0. The van der Waals surface area contributed by atoms with Crippen molar-refractivity contribution >= 4 is 45.6 Å². The van der Waals surface area contributed by atoms with Gasteiger partial charge in [0.15, 0.2) is 0 Å². The zero-order valence-electron chi connectivity index (χ0n) is 12.1. The summed E-state index contributed by atoms with van der Waals surface area (Å²) in [5.41, 5.74) is 3.31. The summed E-state index contributed by atoms with van der Waals surface area (Å²) in [6.45, 7) is 6.19. The van der Waals surface area contributed by atoms with Crippen molar-refractivity contribution in [2.75, 3.05) is 0 Å². The van der Waals surface area contributed by atoms with Crippen molar-refractivity contribution in [2.45, 2.75) is 32.2 Å². The van der Waals surface area contributed by atoms with Crippen LogP contribution in [0.5, 0.6) is 0 Å². The maximum absolute atomic E-state index is 6.35. The standard InChI is InChI=1S/C16H16Cl2N2S/c1-9-4-5-13-12(8-9)19-16(10(2)17)20(13)11(3)14-6-7-15(18)21-14/h4-8,10-11H,1-3H3. The van der Waals surface area contributed by atoms with E-state index in [0.717, 1.165) is 21.2 Å². The molecule has 0 aliphatic heterocycles. The van der Waals surface area contributed by atoms with Gasteiger partial charge in [-0.2, -0.15) is 0 Å². The van der Waals surface area contributed by atoms with Crippen molar-refractivity contribution < 1.29 is 0 Å². The molecule has 2 heterocycles. The van der Waals surface area contributed by atoms with Gasteiger partial charge in [-0.15, -0.1) is 22.9 Å². The summed E-state index contributed by atoms with van der Waals surface area (Å²) in [5.74, 6) is 0.897. The highest BCUT2D eigenvalue weighted by Gasteiger charge is 2.21. The number of rotatable bonds is 3. The molecule has 0 saturated heterocycles. The Morgan fingerprint density at radius 1 is 1.19 bits per heavy atom. The number of fused-ring (bicyclic) bond motifs is 1. The average Bonchev–Trinajstić information content (AvgIpc) is 3.01. The predicted molar refractivity (Wildman–Crippen MR) is 91.9 cm³/mol. The summed E-state index contributed by atoms with van der Waals surface area (Å²) in [5, 5.41) is -0.143. The molecule has 0 bridgehead atoms. The number of benzene rings is 1. The number of hydrogen-bond acceptors (Lipinski definition) is 2. The lowest BCUT2D eigenvalue weighted by Gasteiger charge is -2.17. The first-order valence-electron chi connectivity index (χ1n) is 6.85. The third-order valence-corrected chi connectivity index (χ3v) is 5.22. The second-order valence-electron chi connectivity index (χ2n) is 5.27. The molecular weight excluding hydrogens is 323 g/mol. The summed E-state index contributed by atoms with van der Waals surface area (Å²) in [6, 6.07) is 10.5. The van der Waals surface area contributed by atoms with Crippen LogP contribution in [0, 0.1) is 6.92 Å². The maximum Gasteiger partial charge on any atom is 0.128 e. The fourth-order valence-corrected chi connectivity index (χ4v) is 3.85. The number of nitrogens with zero attached hydrogens (tertiary/aromatic N) is 2. The van der Waals surface area contributed by atoms with E-state index < -0.39 is 0 Å². The zero-order chi connectivity index (χ0) is 15.1. The number of aromatic nitrogens is 2. The van der Waals surface area contributed by atoms with Gasteiger partial charge < -0.3 is 4.57 Å². The molecule has 0 aliphatic rings. The number of aryl methyl sites for hydroxylation is 1. The Kier molecular flexibility index (Phi) is 4.00. The number of alkyl halides is 1. The van der Waals surface area contributed by atoms with Crippen molar-refractivity contribution in [3.63, 3.8) is 0 Å². The van der Waals surface area contributed by atoms with E-state index in [2.05, 4.69) is 42.7 Å². The highest BCUT2D eigenvalue weighted by Crippen LogP contribution is 2.35. The quantitative estimate of drug-likeness (QED) is 0.538. The molecule has 2 unspecified atom stereocenters. The molecule has 3 rings (SSSR count). The molecule has 3 aromatic rings. The summed E-state index contributed by atoms with van der Waals surface area (Å²) in [6.07, 6.45) is 0. The molecule has 0 radical (unpaired) electrons. The summed E-state index contributed by atoms with van der Waals surface area (Å²) >= 11 is 14.0. The van der Waals surface area contributed by atoms with Gasteiger partial charge in [0, 0.05) is 4.88 Å². The molecule has 2 aromatic heterocycles. The highest BCUT2D eigenvalue weighted by atomic mass is 35.5. The van der Waals surface area contributed by atoms with E-state index in [9.17, 15) is 0 Å². The van der Waals surface area contributed by atoms with Crippen LogP contribution in [0.1, 0.15) is 41.5 Å². The fraction of sp³-hybridized carbons (Fsp3) is 0.312. The van der Waals surface area contributed by atoms with Gasteiger partial charge in [0.25, 0.3) is 0 Å². The van der Waals surface area contributed by atoms with E-state index >= 15 is 0 Å². The molecule has 0 spiro atoms. The van der Waals surface area contributed by atoms with Crippen molar-refractivity contribution in [2.24, 2.45) is 0 Å². The van der Waals surface area contributed by atoms with Crippen molar-refractivity contribution in [3.05, 3.63) is 50.9 Å². The Bertz CT molecular complexity index is 789. The second kappa shape index (κ2) is 5.64. The van der Waals surface area contributed by atoms with Gasteiger partial charge in [-0.3, -0.25) is 0 Å². The van der Waals surface area contributed by atoms with E-state index in [1.807, 2.05) is 13.0 Å². The maximum atomic E-state index is 6.35. The summed E-state index contributed by atoms with van der Waals surface area (Å²) in [7, 11) is 0. The van der Waals surface area contributed by atoms with Crippen molar-refractivity contribution in [1.82, 2.24) is 9.55 Å². The zero-order valence-corrected chi connectivity index (χ0v) is 14.4. The minimum Gasteiger partial charge on any atom is -0.319 e. The smallest absolute Gasteiger partial charge is 0.128 e. The van der Waals surface area contributed by atoms with Crippen LogP contribution in [0.3, 0.4) is 0 Å². The average molecular weight is 339 g/mol. The van der Waals surface area contributed by atoms with Gasteiger partial charge in [0.2, 0.25) is 0 Å². The van der Waals surface area contributed by atoms with E-state index in [-0.39, 0.29) is 11.4 Å². The molecule has 0 amide bonds. The topological polar surface area (TPSA) is 17.8 Å². The SMILES string of the molecule is Cc1ccc2c(c1)nc(C(C)Cl)n2C(C)c1ccc(Cl)s1. The second-order valence-corrected chi connectivity index (χ2v) is 7.67. The molecule has 110 valence electrons. The number of halogens is 2. The predicted octanol–water partition coefficient (Wildman–Crippen LogP) is 5.97. The molecule has 0 aliphatic carbocycles. The van der Waals surface area contributed by atoms with Crippen molar-refractivity contribution in [3.8, 4) is 0 Å². The first kappa shape index (κ1) is 14.9. The van der Waals surface area contributed by atoms with Crippen molar-refractivity contribution in [1.29, 1.82) is 0 Å². The van der Waals surface area contributed by atoms with Crippen LogP contribution >= 0.6 is 34.5 Å². The van der Waals surface area contributed by atoms with E-state index in [1.54, 1.807) is 11.3 Å². The molecule has 2 nitrogen and oxygen atoms in total. The summed E-state index contributed by atoms with van der Waals surface area (Å²) < 4.78 is 3.02. The minimum atomic E-state index is -0.143. The van der Waals surface area contributed by atoms with Crippen LogP contribution in [0.4, 0.5) is 0 Å². The van der Waals surface area contributed by atoms with Crippen LogP contribution in [-0.4, -0.2) is 9.55 Å². The van der Waals surface area contributed by atoms with Crippen LogP contribution < -0.4 is 0 Å². The molecule has 5 heteroatoms. The molecular formula is C16H16Cl2N2S. The molecule has 0 fully saturated rings. The summed E-state index contributed by atoms with van der Waals surface area (Å²) in [4.78, 5) is 5.94. The van der Waals surface area contributed by atoms with Gasteiger partial charge in [0.05, 0.1) is 26.8 Å². The van der Waals surface area contributed by atoms with E-state index in [4.69, 9.17) is 28.2 Å². The van der Waals surface area contributed by atoms with Gasteiger partial charge in [-0.25, -0.2) is 4.98 Å². The molecule has 0 N–H and O–H groups in total. The van der Waals surface area contributed by atoms with Crippen LogP contribution in [0.2, 0.25) is 4.34 Å². The molecule has 21 heavy (non-hydrogen) atoms. The normalized spacial score (nSPS) is 14.5. The Balaban J connectivity index is 2.21. The van der Waals surface area contributed by atoms with Crippen LogP contribution in [-0.2, 0) is 0 Å². The van der Waals surface area contributed by atoms with Gasteiger partial charge in [-0.1, -0.05) is 17.7 Å². The van der Waals surface area contributed by atoms with Crippen LogP contribution in [0.25, 0.3) is 11.0 Å². The first-order valence-corrected chi connectivity index (χ1v) is 8.48. The first-order chi connectivity index (χ1) is 9.97. The van der Waals surface area contributed by atoms with Crippen LogP contribution in [0.15, 0.2) is 30.3 Å². The van der Waals surface area contributed by atoms with Gasteiger partial charge >= 0.3 is 0 Å². The highest BCUT2D eigenvalue weighted by molar-refractivity contribution is 7.16. The lowest BCUT2D eigenvalue weighted by atomic mass is 10.2. The Morgan fingerprint density at radius 3 is 2.57 bits per heavy atom. The fourth-order valence-electron chi connectivity index (χ4n) is 2.60. The molecule has 1 aromatic carbocycles. The number of thiophene rings is 1. The third-order valence-electron chi connectivity index (χ3n) is 3.62. The Labute approximate surface area is 138 Å². The monoisotopic (exact) mass is 338 g/mol. The largest absolute Gasteiger partial charge is 0.319 e. The lowest BCUT2D eigenvalue weighted by molar-refractivity contribution is 0.628. The molecule has 2 atom stereocenters. The van der Waals surface area contributed by atoms with E-state index in [1.165, 1.54) is 10.4 Å². The minimum absolute atomic E-state index is 0.143.